The van der Waals surface area contributed by atoms with Gasteiger partial charge in [-0.3, -0.25) is 0 Å². The molecule has 0 bridgehead atoms. The molecule has 21 heavy (non-hydrogen) atoms. The molecule has 114 valence electrons. The Morgan fingerprint density at radius 3 is 2.29 bits per heavy atom. The van der Waals surface area contributed by atoms with E-state index in [4.69, 9.17) is 9.47 Å². The summed E-state index contributed by atoms with van der Waals surface area (Å²) in [5.41, 5.74) is 2.29. The zero-order valence-corrected chi connectivity index (χ0v) is 15.1. The maximum atomic E-state index is 5.55. The highest BCUT2D eigenvalue weighted by Crippen LogP contribution is 2.41. The van der Waals surface area contributed by atoms with Crippen LogP contribution in [0.3, 0.4) is 0 Å². The second-order valence-electron chi connectivity index (χ2n) is 4.63. The fourth-order valence-corrected chi connectivity index (χ4v) is 4.23. The zero-order chi connectivity index (χ0) is 15.4. The first kappa shape index (κ1) is 16.3. The van der Waals surface area contributed by atoms with Crippen molar-refractivity contribution >= 4 is 27.3 Å². The minimum atomic E-state index is 0.0450. The van der Waals surface area contributed by atoms with Crippen molar-refractivity contribution in [1.82, 2.24) is 5.32 Å². The lowest BCUT2D eigenvalue weighted by atomic mass is 9.97. The number of rotatable bonds is 6. The van der Waals surface area contributed by atoms with Crippen molar-refractivity contribution < 1.29 is 9.47 Å². The van der Waals surface area contributed by atoms with E-state index in [0.29, 0.717) is 0 Å². The molecule has 5 heteroatoms. The monoisotopic (exact) mass is 369 g/mol. The van der Waals surface area contributed by atoms with Crippen molar-refractivity contribution in [3.8, 4) is 11.5 Å². The number of benzene rings is 1. The van der Waals surface area contributed by atoms with E-state index in [1.54, 1.807) is 25.6 Å². The summed E-state index contributed by atoms with van der Waals surface area (Å²) in [5, 5.41) is 3.54. The standard InChI is InChI=1S/C16H20BrNO2S/c1-5-18-16(11-9-14(17)21-10(11)2)15-12(19-3)7-6-8-13(15)20-4/h6-9,16,18H,5H2,1-4H3. The van der Waals surface area contributed by atoms with E-state index in [1.807, 2.05) is 18.2 Å². The van der Waals surface area contributed by atoms with Crippen molar-refractivity contribution in [2.45, 2.75) is 19.9 Å². The van der Waals surface area contributed by atoms with Gasteiger partial charge in [-0.25, -0.2) is 0 Å². The molecule has 0 aliphatic carbocycles. The van der Waals surface area contributed by atoms with E-state index in [1.165, 1.54) is 10.4 Å². The molecule has 1 aromatic carbocycles. The Balaban J connectivity index is 2.60. The van der Waals surface area contributed by atoms with Gasteiger partial charge in [0, 0.05) is 4.88 Å². The molecule has 0 saturated carbocycles. The second-order valence-corrected chi connectivity index (χ2v) is 7.26. The Morgan fingerprint density at radius 1 is 1.24 bits per heavy atom. The van der Waals surface area contributed by atoms with Crippen LogP contribution in [0.15, 0.2) is 28.1 Å². The number of hydrogen-bond acceptors (Lipinski definition) is 4. The number of methoxy groups -OCH3 is 2. The molecule has 0 amide bonds. The van der Waals surface area contributed by atoms with Crippen LogP contribution in [-0.2, 0) is 0 Å². The molecule has 0 saturated heterocycles. The Kier molecular flexibility index (Phi) is 5.67. The molecule has 0 aliphatic heterocycles. The number of thiophene rings is 1. The Hall–Kier alpha value is -1.04. The molecular formula is C16H20BrNO2S. The number of halogens is 1. The van der Waals surface area contributed by atoms with Crippen LogP contribution in [0, 0.1) is 6.92 Å². The number of aryl methyl sites for hydroxylation is 1. The van der Waals surface area contributed by atoms with Gasteiger partial charge in [0.15, 0.2) is 0 Å². The van der Waals surface area contributed by atoms with Crippen molar-refractivity contribution in [3.05, 3.63) is 44.1 Å². The quantitative estimate of drug-likeness (QED) is 0.810. The fraction of sp³-hybridized carbons (Fsp3) is 0.375. The fourth-order valence-electron chi connectivity index (χ4n) is 2.48. The Morgan fingerprint density at radius 2 is 1.86 bits per heavy atom. The third-order valence-electron chi connectivity index (χ3n) is 3.40. The van der Waals surface area contributed by atoms with Crippen LogP contribution in [0.25, 0.3) is 0 Å². The summed E-state index contributed by atoms with van der Waals surface area (Å²) in [4.78, 5) is 1.28. The first-order valence-electron chi connectivity index (χ1n) is 6.82. The second kappa shape index (κ2) is 7.29. The Bertz CT molecular complexity index is 590. The summed E-state index contributed by atoms with van der Waals surface area (Å²) < 4.78 is 12.2. The van der Waals surface area contributed by atoms with E-state index in [2.05, 4.69) is 41.2 Å². The van der Waals surface area contributed by atoms with Gasteiger partial charge in [-0.2, -0.15) is 0 Å². The van der Waals surface area contributed by atoms with Crippen LogP contribution in [0.1, 0.15) is 29.0 Å². The SMILES string of the molecule is CCNC(c1cc(Br)sc1C)c1c(OC)cccc1OC. The number of ether oxygens (including phenoxy) is 2. The third kappa shape index (κ3) is 3.42. The predicted molar refractivity (Wildman–Crippen MR) is 91.8 cm³/mol. The van der Waals surface area contributed by atoms with Crippen LogP contribution in [0.2, 0.25) is 0 Å². The van der Waals surface area contributed by atoms with Gasteiger partial charge in [0.2, 0.25) is 0 Å². The van der Waals surface area contributed by atoms with E-state index in [-0.39, 0.29) is 6.04 Å². The van der Waals surface area contributed by atoms with E-state index in [0.717, 1.165) is 27.4 Å². The molecule has 0 spiro atoms. The lowest BCUT2D eigenvalue weighted by Crippen LogP contribution is -2.23. The van der Waals surface area contributed by atoms with Gasteiger partial charge in [0.05, 0.1) is 29.6 Å². The largest absolute Gasteiger partial charge is 0.496 e. The summed E-state index contributed by atoms with van der Waals surface area (Å²) >= 11 is 5.31. The minimum absolute atomic E-state index is 0.0450. The van der Waals surface area contributed by atoms with Crippen LogP contribution in [0.5, 0.6) is 11.5 Å². The van der Waals surface area contributed by atoms with Crippen molar-refractivity contribution in [2.24, 2.45) is 0 Å². The highest BCUT2D eigenvalue weighted by atomic mass is 79.9. The van der Waals surface area contributed by atoms with Gasteiger partial charge in [-0.05, 0) is 53.2 Å². The molecule has 1 aromatic heterocycles. The normalized spacial score (nSPS) is 12.2. The highest BCUT2D eigenvalue weighted by molar-refractivity contribution is 9.11. The van der Waals surface area contributed by atoms with E-state index >= 15 is 0 Å². The third-order valence-corrected chi connectivity index (χ3v) is 4.97. The molecule has 0 radical (unpaired) electrons. The number of nitrogens with one attached hydrogen (secondary N) is 1. The summed E-state index contributed by atoms with van der Waals surface area (Å²) in [6.45, 7) is 5.10. The molecule has 2 rings (SSSR count). The summed E-state index contributed by atoms with van der Waals surface area (Å²) in [6.07, 6.45) is 0. The summed E-state index contributed by atoms with van der Waals surface area (Å²) in [7, 11) is 3.38. The van der Waals surface area contributed by atoms with E-state index < -0.39 is 0 Å². The molecule has 0 aliphatic rings. The highest BCUT2D eigenvalue weighted by Gasteiger charge is 2.24. The summed E-state index contributed by atoms with van der Waals surface area (Å²) in [5.74, 6) is 1.67. The molecule has 1 heterocycles. The molecule has 0 fully saturated rings. The van der Waals surface area contributed by atoms with Crippen molar-refractivity contribution in [3.63, 3.8) is 0 Å². The van der Waals surface area contributed by atoms with E-state index in [9.17, 15) is 0 Å². The van der Waals surface area contributed by atoms with Crippen LogP contribution >= 0.6 is 27.3 Å². The number of hydrogen-bond donors (Lipinski definition) is 1. The average Bonchev–Trinajstić information content (AvgIpc) is 2.82. The minimum Gasteiger partial charge on any atom is -0.496 e. The lowest BCUT2D eigenvalue weighted by Gasteiger charge is -2.23. The molecule has 2 aromatic rings. The van der Waals surface area contributed by atoms with Crippen LogP contribution < -0.4 is 14.8 Å². The lowest BCUT2D eigenvalue weighted by molar-refractivity contribution is 0.377. The predicted octanol–water partition coefficient (Wildman–Crippen LogP) is 4.54. The summed E-state index contributed by atoms with van der Waals surface area (Å²) in [6, 6.07) is 8.10. The van der Waals surface area contributed by atoms with Gasteiger partial charge >= 0.3 is 0 Å². The molecule has 3 nitrogen and oxygen atoms in total. The van der Waals surface area contributed by atoms with Gasteiger partial charge in [-0.15, -0.1) is 11.3 Å². The van der Waals surface area contributed by atoms with Gasteiger partial charge in [-0.1, -0.05) is 13.0 Å². The maximum Gasteiger partial charge on any atom is 0.127 e. The molecular weight excluding hydrogens is 350 g/mol. The average molecular weight is 370 g/mol. The topological polar surface area (TPSA) is 30.5 Å². The smallest absolute Gasteiger partial charge is 0.127 e. The van der Waals surface area contributed by atoms with Crippen molar-refractivity contribution in [1.29, 1.82) is 0 Å². The zero-order valence-electron chi connectivity index (χ0n) is 12.7. The van der Waals surface area contributed by atoms with Crippen molar-refractivity contribution in [2.75, 3.05) is 20.8 Å². The Labute approximate surface area is 138 Å². The van der Waals surface area contributed by atoms with Gasteiger partial charge < -0.3 is 14.8 Å². The van der Waals surface area contributed by atoms with Crippen LogP contribution in [0.4, 0.5) is 0 Å². The molecule has 1 N–H and O–H groups in total. The first-order valence-corrected chi connectivity index (χ1v) is 8.43. The van der Waals surface area contributed by atoms with Crippen LogP contribution in [-0.4, -0.2) is 20.8 Å². The first-order chi connectivity index (χ1) is 10.1. The van der Waals surface area contributed by atoms with Gasteiger partial charge in [0.25, 0.3) is 0 Å². The van der Waals surface area contributed by atoms with Gasteiger partial charge in [0.1, 0.15) is 11.5 Å². The maximum absolute atomic E-state index is 5.55. The molecule has 1 unspecified atom stereocenters. The molecule has 1 atom stereocenters.